The van der Waals surface area contributed by atoms with Crippen molar-refractivity contribution in [2.45, 2.75) is 66.1 Å². The molecule has 0 radical (unpaired) electrons. The van der Waals surface area contributed by atoms with Crippen molar-refractivity contribution in [2.24, 2.45) is 28.6 Å². The molecular weight excluding hydrogens is 320 g/mol. The van der Waals surface area contributed by atoms with Crippen LogP contribution in [-0.2, 0) is 23.8 Å². The summed E-state index contributed by atoms with van der Waals surface area (Å²) in [6.07, 6.45) is 3.95. The lowest BCUT2D eigenvalue weighted by molar-refractivity contribution is -0.269. The zero-order valence-corrected chi connectivity index (χ0v) is 16.0. The summed E-state index contributed by atoms with van der Waals surface area (Å²) in [7, 11) is 0. The second-order valence-corrected chi connectivity index (χ2v) is 9.61. The Morgan fingerprint density at radius 2 is 1.72 bits per heavy atom. The number of ether oxygens (including phenoxy) is 3. The highest BCUT2D eigenvalue weighted by Crippen LogP contribution is 2.41. The van der Waals surface area contributed by atoms with Gasteiger partial charge in [-0.2, -0.15) is 0 Å². The van der Waals surface area contributed by atoms with Crippen LogP contribution in [-0.4, -0.2) is 37.9 Å². The first-order valence-electron chi connectivity index (χ1n) is 9.61. The first-order valence-corrected chi connectivity index (χ1v) is 9.61. The molecule has 1 saturated heterocycles. The molecule has 3 rings (SSSR count). The number of fused-ring (bicyclic) bond motifs is 2. The first kappa shape index (κ1) is 18.8. The molecule has 1 unspecified atom stereocenters. The molecule has 0 aromatic carbocycles. The molecule has 0 amide bonds. The van der Waals surface area contributed by atoms with Crippen LogP contribution in [0.15, 0.2) is 0 Å². The molecule has 0 N–H and O–H groups in total. The lowest BCUT2D eigenvalue weighted by Gasteiger charge is -2.41. The topological polar surface area (TPSA) is 61.8 Å². The number of rotatable bonds is 4. The Morgan fingerprint density at radius 1 is 1.16 bits per heavy atom. The third kappa shape index (κ3) is 4.25. The Hall–Kier alpha value is -0.940. The van der Waals surface area contributed by atoms with Crippen LogP contribution in [0.2, 0.25) is 0 Å². The van der Waals surface area contributed by atoms with E-state index in [2.05, 4.69) is 13.8 Å². The van der Waals surface area contributed by atoms with Gasteiger partial charge in [-0.25, -0.2) is 0 Å². The molecule has 2 aliphatic carbocycles. The monoisotopic (exact) mass is 352 g/mol. The third-order valence-electron chi connectivity index (χ3n) is 5.86. The van der Waals surface area contributed by atoms with Gasteiger partial charge in [0.15, 0.2) is 6.29 Å². The van der Waals surface area contributed by atoms with Crippen molar-refractivity contribution >= 4 is 11.8 Å². The zero-order valence-electron chi connectivity index (χ0n) is 16.0. The predicted molar refractivity (Wildman–Crippen MR) is 92.8 cm³/mol. The second kappa shape index (κ2) is 6.99. The minimum absolute atomic E-state index is 0.0235. The van der Waals surface area contributed by atoms with E-state index in [-0.39, 0.29) is 42.0 Å². The molecule has 142 valence electrons. The Balaban J connectivity index is 1.51. The molecule has 0 spiro atoms. The van der Waals surface area contributed by atoms with E-state index in [1.165, 1.54) is 0 Å². The predicted octanol–water partition coefficient (Wildman–Crippen LogP) is 3.35. The normalized spacial score (nSPS) is 33.1. The Labute approximate surface area is 150 Å². The summed E-state index contributed by atoms with van der Waals surface area (Å²) < 4.78 is 17.3. The summed E-state index contributed by atoms with van der Waals surface area (Å²) in [5, 5.41) is 0. The van der Waals surface area contributed by atoms with Crippen LogP contribution in [0.25, 0.3) is 0 Å². The molecule has 3 aliphatic rings. The Morgan fingerprint density at radius 3 is 2.28 bits per heavy atom. The van der Waals surface area contributed by atoms with E-state index in [1.54, 1.807) is 0 Å². The van der Waals surface area contributed by atoms with E-state index < -0.39 is 5.41 Å². The SMILES string of the molecule is CC1(C)COC(C(C)(C)COC(=O)C2C[C@H]3CCC[C@@H](C2)C3=O)OC1. The fraction of sp³-hybridized carbons (Fsp3) is 0.900. The van der Waals surface area contributed by atoms with Crippen LogP contribution >= 0.6 is 0 Å². The highest BCUT2D eigenvalue weighted by atomic mass is 16.7. The van der Waals surface area contributed by atoms with Gasteiger partial charge in [-0.05, 0) is 25.7 Å². The number of hydrogen-bond acceptors (Lipinski definition) is 5. The quantitative estimate of drug-likeness (QED) is 0.726. The van der Waals surface area contributed by atoms with E-state index in [9.17, 15) is 9.59 Å². The minimum Gasteiger partial charge on any atom is -0.465 e. The third-order valence-corrected chi connectivity index (χ3v) is 5.86. The lowest BCUT2D eigenvalue weighted by Crippen LogP contribution is -2.47. The average Bonchev–Trinajstić information content (AvgIpc) is 2.52. The molecule has 1 heterocycles. The standard InChI is InChI=1S/C20H32O5/c1-19(2)10-24-18(25-11-19)20(3,4)12-23-17(22)15-8-13-6-5-7-14(9-15)16(13)21/h13-15,18H,5-12H2,1-4H3/t13-,14+,15?. The molecule has 5 nitrogen and oxygen atoms in total. The van der Waals surface area contributed by atoms with Gasteiger partial charge >= 0.3 is 5.97 Å². The Kier molecular flexibility index (Phi) is 5.27. The summed E-state index contributed by atoms with van der Waals surface area (Å²) in [4.78, 5) is 24.7. The second-order valence-electron chi connectivity index (χ2n) is 9.61. The number of hydrogen-bond donors (Lipinski definition) is 0. The number of ketones is 1. The van der Waals surface area contributed by atoms with Gasteiger partial charge in [-0.3, -0.25) is 9.59 Å². The van der Waals surface area contributed by atoms with Crippen LogP contribution in [0.5, 0.6) is 0 Å². The number of carbonyl (C=O) groups excluding carboxylic acids is 2. The summed E-state index contributed by atoms with van der Waals surface area (Å²) in [6.45, 7) is 9.78. The van der Waals surface area contributed by atoms with Gasteiger partial charge < -0.3 is 14.2 Å². The van der Waals surface area contributed by atoms with Crippen LogP contribution in [0, 0.1) is 28.6 Å². The number of carbonyl (C=O) groups is 2. The van der Waals surface area contributed by atoms with Crippen molar-refractivity contribution in [3.63, 3.8) is 0 Å². The van der Waals surface area contributed by atoms with E-state index in [0.717, 1.165) is 19.3 Å². The van der Waals surface area contributed by atoms with E-state index in [1.807, 2.05) is 13.8 Å². The summed E-state index contributed by atoms with van der Waals surface area (Å²) in [6, 6.07) is 0. The van der Waals surface area contributed by atoms with Gasteiger partial charge in [-0.15, -0.1) is 0 Å². The fourth-order valence-corrected chi connectivity index (χ4v) is 4.26. The first-order chi connectivity index (χ1) is 11.7. The van der Waals surface area contributed by atoms with Crippen molar-refractivity contribution in [3.05, 3.63) is 0 Å². The molecule has 5 heteroatoms. The van der Waals surface area contributed by atoms with Gasteiger partial charge in [0, 0.05) is 22.7 Å². The fourth-order valence-electron chi connectivity index (χ4n) is 4.26. The van der Waals surface area contributed by atoms with E-state index >= 15 is 0 Å². The van der Waals surface area contributed by atoms with Crippen LogP contribution < -0.4 is 0 Å². The summed E-state index contributed by atoms with van der Waals surface area (Å²) in [5.74, 6) is 0.238. The van der Waals surface area contributed by atoms with Crippen molar-refractivity contribution in [3.8, 4) is 0 Å². The molecule has 25 heavy (non-hydrogen) atoms. The molecular formula is C20H32O5. The van der Waals surface area contributed by atoms with E-state index in [0.29, 0.717) is 31.8 Å². The maximum Gasteiger partial charge on any atom is 0.308 e. The zero-order chi connectivity index (χ0) is 18.2. The highest BCUT2D eigenvalue weighted by Gasteiger charge is 2.43. The van der Waals surface area contributed by atoms with Crippen LogP contribution in [0.3, 0.4) is 0 Å². The van der Waals surface area contributed by atoms with Crippen LogP contribution in [0.1, 0.15) is 59.8 Å². The van der Waals surface area contributed by atoms with Crippen LogP contribution in [0.4, 0.5) is 0 Å². The van der Waals surface area contributed by atoms with Gasteiger partial charge in [0.1, 0.15) is 12.4 Å². The molecule has 2 bridgehead atoms. The maximum absolute atomic E-state index is 12.6. The van der Waals surface area contributed by atoms with Gasteiger partial charge in [-0.1, -0.05) is 34.1 Å². The molecule has 0 aromatic rings. The van der Waals surface area contributed by atoms with Gasteiger partial charge in [0.25, 0.3) is 0 Å². The number of esters is 1. The van der Waals surface area contributed by atoms with Gasteiger partial charge in [0.05, 0.1) is 19.1 Å². The summed E-state index contributed by atoms with van der Waals surface area (Å²) in [5.41, 5.74) is -0.373. The van der Waals surface area contributed by atoms with Gasteiger partial charge in [0.2, 0.25) is 0 Å². The molecule has 2 saturated carbocycles. The Bertz CT molecular complexity index is 498. The summed E-state index contributed by atoms with van der Waals surface area (Å²) >= 11 is 0. The minimum atomic E-state index is -0.396. The van der Waals surface area contributed by atoms with Crippen molar-refractivity contribution < 1.29 is 23.8 Å². The lowest BCUT2D eigenvalue weighted by atomic mass is 9.67. The van der Waals surface area contributed by atoms with E-state index in [4.69, 9.17) is 14.2 Å². The maximum atomic E-state index is 12.6. The number of Topliss-reactive ketones (excluding diaryl/α,β-unsaturated/α-hetero) is 1. The smallest absolute Gasteiger partial charge is 0.308 e. The molecule has 0 aromatic heterocycles. The molecule has 1 aliphatic heterocycles. The van der Waals surface area contributed by atoms with Crippen molar-refractivity contribution in [1.82, 2.24) is 0 Å². The molecule has 3 atom stereocenters. The molecule has 3 fully saturated rings. The highest BCUT2D eigenvalue weighted by molar-refractivity contribution is 5.87. The van der Waals surface area contributed by atoms with Crippen molar-refractivity contribution in [2.75, 3.05) is 19.8 Å². The largest absolute Gasteiger partial charge is 0.465 e. The average molecular weight is 352 g/mol. The van der Waals surface area contributed by atoms with Crippen molar-refractivity contribution in [1.29, 1.82) is 0 Å².